The number of nitrogens with zero attached hydrogens (tertiary/aromatic N) is 2. The summed E-state index contributed by atoms with van der Waals surface area (Å²) in [5.41, 5.74) is 2.16. The lowest BCUT2D eigenvalue weighted by atomic mass is 9.88. The number of hydrogen-bond acceptors (Lipinski definition) is 2. The Hall–Kier alpha value is -2.10. The SMILES string of the molecule is C[C@H](C(=O)N[C@H](C)C(C)(C)C)n1cc(-c2ccccc2)cn1. The van der Waals surface area contributed by atoms with E-state index >= 15 is 0 Å². The Labute approximate surface area is 132 Å². The molecule has 22 heavy (non-hydrogen) atoms. The maximum atomic E-state index is 12.4. The Morgan fingerprint density at radius 1 is 1.14 bits per heavy atom. The van der Waals surface area contributed by atoms with Crippen molar-refractivity contribution in [2.24, 2.45) is 5.41 Å². The molecule has 2 atom stereocenters. The van der Waals surface area contributed by atoms with Crippen LogP contribution in [-0.2, 0) is 4.79 Å². The molecule has 118 valence electrons. The van der Waals surface area contributed by atoms with Crippen LogP contribution in [0.25, 0.3) is 11.1 Å². The Balaban J connectivity index is 2.09. The van der Waals surface area contributed by atoms with E-state index in [0.29, 0.717) is 0 Å². The number of hydrogen-bond donors (Lipinski definition) is 1. The molecule has 0 fully saturated rings. The first kappa shape index (κ1) is 16.3. The third-order valence-electron chi connectivity index (χ3n) is 4.14. The van der Waals surface area contributed by atoms with Crippen LogP contribution in [0.15, 0.2) is 42.7 Å². The van der Waals surface area contributed by atoms with E-state index < -0.39 is 0 Å². The third-order valence-corrected chi connectivity index (χ3v) is 4.14. The molecule has 2 rings (SSSR count). The lowest BCUT2D eigenvalue weighted by molar-refractivity contribution is -0.125. The van der Waals surface area contributed by atoms with E-state index in [0.717, 1.165) is 11.1 Å². The van der Waals surface area contributed by atoms with Gasteiger partial charge in [-0.1, -0.05) is 51.1 Å². The van der Waals surface area contributed by atoms with Crippen LogP contribution in [-0.4, -0.2) is 21.7 Å². The number of nitrogens with one attached hydrogen (secondary N) is 1. The first-order valence-electron chi connectivity index (χ1n) is 7.69. The summed E-state index contributed by atoms with van der Waals surface area (Å²) in [6.07, 6.45) is 3.72. The number of carbonyl (C=O) groups is 1. The maximum absolute atomic E-state index is 12.4. The summed E-state index contributed by atoms with van der Waals surface area (Å²) < 4.78 is 1.72. The van der Waals surface area contributed by atoms with E-state index in [9.17, 15) is 4.79 Å². The number of rotatable bonds is 4. The highest BCUT2D eigenvalue weighted by atomic mass is 16.2. The molecule has 4 heteroatoms. The van der Waals surface area contributed by atoms with Gasteiger partial charge in [0.1, 0.15) is 6.04 Å². The zero-order valence-corrected chi connectivity index (χ0v) is 14.0. The van der Waals surface area contributed by atoms with Gasteiger partial charge in [-0.15, -0.1) is 0 Å². The Kier molecular flexibility index (Phi) is 4.69. The van der Waals surface area contributed by atoms with Crippen molar-refractivity contribution in [3.05, 3.63) is 42.7 Å². The first-order chi connectivity index (χ1) is 10.3. The normalized spacial score (nSPS) is 14.4. The van der Waals surface area contributed by atoms with Gasteiger partial charge in [-0.25, -0.2) is 0 Å². The fourth-order valence-corrected chi connectivity index (χ4v) is 2.00. The van der Waals surface area contributed by atoms with E-state index in [4.69, 9.17) is 0 Å². The Bertz CT molecular complexity index is 625. The fourth-order valence-electron chi connectivity index (χ4n) is 2.00. The topological polar surface area (TPSA) is 46.9 Å². The minimum atomic E-state index is -0.331. The average molecular weight is 299 g/mol. The molecule has 0 aliphatic carbocycles. The van der Waals surface area contributed by atoms with E-state index in [2.05, 4.69) is 31.2 Å². The van der Waals surface area contributed by atoms with Gasteiger partial charge in [-0.3, -0.25) is 9.48 Å². The van der Waals surface area contributed by atoms with Crippen molar-refractivity contribution in [3.8, 4) is 11.1 Å². The zero-order chi connectivity index (χ0) is 16.3. The lowest BCUT2D eigenvalue weighted by Crippen LogP contribution is -2.44. The second-order valence-corrected chi connectivity index (χ2v) is 6.85. The summed E-state index contributed by atoms with van der Waals surface area (Å²) in [5, 5.41) is 7.41. The van der Waals surface area contributed by atoms with Crippen LogP contribution >= 0.6 is 0 Å². The summed E-state index contributed by atoms with van der Waals surface area (Å²) >= 11 is 0. The van der Waals surface area contributed by atoms with Crippen molar-refractivity contribution in [2.45, 2.75) is 46.7 Å². The van der Waals surface area contributed by atoms with E-state index in [1.54, 1.807) is 10.9 Å². The molecule has 0 radical (unpaired) electrons. The highest BCUT2D eigenvalue weighted by Crippen LogP contribution is 2.21. The molecule has 2 aromatic rings. The van der Waals surface area contributed by atoms with Crippen molar-refractivity contribution in [1.82, 2.24) is 15.1 Å². The predicted octanol–water partition coefficient (Wildman–Crippen LogP) is 3.66. The largest absolute Gasteiger partial charge is 0.351 e. The Morgan fingerprint density at radius 3 is 2.36 bits per heavy atom. The van der Waals surface area contributed by atoms with Gasteiger partial charge in [-0.05, 0) is 24.8 Å². The number of carbonyl (C=O) groups excluding carboxylic acids is 1. The van der Waals surface area contributed by atoms with Crippen LogP contribution in [0.2, 0.25) is 0 Å². The second-order valence-electron chi connectivity index (χ2n) is 6.85. The van der Waals surface area contributed by atoms with Crippen LogP contribution < -0.4 is 5.32 Å². The minimum absolute atomic E-state index is 0.00913. The van der Waals surface area contributed by atoms with E-state index in [1.807, 2.05) is 50.4 Å². The van der Waals surface area contributed by atoms with Gasteiger partial charge in [0, 0.05) is 17.8 Å². The first-order valence-corrected chi connectivity index (χ1v) is 7.69. The number of amides is 1. The summed E-state index contributed by atoms with van der Waals surface area (Å²) in [6.45, 7) is 10.2. The van der Waals surface area contributed by atoms with Crippen molar-refractivity contribution in [2.75, 3.05) is 0 Å². The van der Waals surface area contributed by atoms with Gasteiger partial charge in [0.15, 0.2) is 0 Å². The maximum Gasteiger partial charge on any atom is 0.244 e. The molecule has 1 heterocycles. The zero-order valence-electron chi connectivity index (χ0n) is 14.0. The molecule has 0 aliphatic rings. The molecule has 0 aliphatic heterocycles. The standard InChI is InChI=1S/C18H25N3O/c1-13(17(22)20-14(2)18(3,4)5)21-12-16(11-19-21)15-9-7-6-8-10-15/h6-14H,1-5H3,(H,20,22)/t13-,14-/m1/s1. The second kappa shape index (κ2) is 6.34. The molecule has 0 saturated heterocycles. The molecule has 0 spiro atoms. The summed E-state index contributed by atoms with van der Waals surface area (Å²) in [5.74, 6) is -0.00913. The predicted molar refractivity (Wildman–Crippen MR) is 89.4 cm³/mol. The molecule has 0 unspecified atom stereocenters. The van der Waals surface area contributed by atoms with Crippen LogP contribution in [0.4, 0.5) is 0 Å². The monoisotopic (exact) mass is 299 g/mol. The van der Waals surface area contributed by atoms with Crippen molar-refractivity contribution in [3.63, 3.8) is 0 Å². The van der Waals surface area contributed by atoms with Crippen molar-refractivity contribution in [1.29, 1.82) is 0 Å². The van der Waals surface area contributed by atoms with Gasteiger partial charge < -0.3 is 5.32 Å². The summed E-state index contributed by atoms with van der Waals surface area (Å²) in [6, 6.07) is 9.81. The highest BCUT2D eigenvalue weighted by molar-refractivity contribution is 5.80. The molecule has 0 bridgehead atoms. The van der Waals surface area contributed by atoms with E-state index in [1.165, 1.54) is 0 Å². The molecular weight excluding hydrogens is 274 g/mol. The van der Waals surface area contributed by atoms with Gasteiger partial charge in [-0.2, -0.15) is 5.10 Å². The Morgan fingerprint density at radius 2 is 1.77 bits per heavy atom. The van der Waals surface area contributed by atoms with E-state index in [-0.39, 0.29) is 23.4 Å². The molecule has 1 aromatic carbocycles. The number of aromatic nitrogens is 2. The fraction of sp³-hybridized carbons (Fsp3) is 0.444. The molecule has 1 amide bonds. The highest BCUT2D eigenvalue weighted by Gasteiger charge is 2.24. The van der Waals surface area contributed by atoms with Crippen molar-refractivity contribution < 1.29 is 4.79 Å². The van der Waals surface area contributed by atoms with Crippen molar-refractivity contribution >= 4 is 5.91 Å². The minimum Gasteiger partial charge on any atom is -0.351 e. The molecular formula is C18H25N3O. The summed E-state index contributed by atoms with van der Waals surface area (Å²) in [4.78, 5) is 12.4. The van der Waals surface area contributed by atoms with Crippen LogP contribution in [0.1, 0.15) is 40.7 Å². The van der Waals surface area contributed by atoms with Gasteiger partial charge in [0.05, 0.1) is 6.20 Å². The lowest BCUT2D eigenvalue weighted by Gasteiger charge is -2.29. The van der Waals surface area contributed by atoms with Gasteiger partial charge in [0.2, 0.25) is 5.91 Å². The molecule has 4 nitrogen and oxygen atoms in total. The van der Waals surface area contributed by atoms with Crippen LogP contribution in [0, 0.1) is 5.41 Å². The summed E-state index contributed by atoms with van der Waals surface area (Å²) in [7, 11) is 0. The van der Waals surface area contributed by atoms with Gasteiger partial charge in [0.25, 0.3) is 0 Å². The number of benzene rings is 1. The quantitative estimate of drug-likeness (QED) is 0.936. The van der Waals surface area contributed by atoms with Crippen LogP contribution in [0.3, 0.4) is 0 Å². The molecule has 1 aromatic heterocycles. The average Bonchev–Trinajstić information content (AvgIpc) is 2.96. The van der Waals surface area contributed by atoms with Gasteiger partial charge >= 0.3 is 0 Å². The third kappa shape index (κ3) is 3.75. The van der Waals surface area contributed by atoms with Crippen LogP contribution in [0.5, 0.6) is 0 Å². The smallest absolute Gasteiger partial charge is 0.244 e. The molecule has 1 N–H and O–H groups in total. The molecule has 0 saturated carbocycles.